The van der Waals surface area contributed by atoms with Crippen LogP contribution in [-0.4, -0.2) is 116 Å². The van der Waals surface area contributed by atoms with Crippen LogP contribution in [0.25, 0.3) is 22.1 Å². The number of alkyl carbamates (subject to hydrolysis) is 2. The van der Waals surface area contributed by atoms with Crippen LogP contribution in [0.4, 0.5) is 30.0 Å². The van der Waals surface area contributed by atoms with Crippen molar-refractivity contribution in [2.24, 2.45) is 11.8 Å². The van der Waals surface area contributed by atoms with Gasteiger partial charge < -0.3 is 49.7 Å². The SMILES string of the molecule is COC(=O)N[C@H](C(=O)N1CCC[C@H]1c1nc2cc([C@H]3CC[C@@H](c4cc5nc([C@@H]6CCCN6C(=O)[C@@H](NC(=O)OC)C(C)C)[nH]c5cc4F)N3c3cnc(N4CCC(c5ccccc5)CC4)nc3)c(F)cc2[nH]1)C(C)C. The van der Waals surface area contributed by atoms with Crippen LogP contribution in [0.1, 0.15) is 137 Å². The number of likely N-dealkylation sites (tertiary alicyclic amines) is 2. The van der Waals surface area contributed by atoms with Gasteiger partial charge in [-0.15, -0.1) is 0 Å². The number of benzene rings is 3. The zero-order chi connectivity index (χ0) is 52.7. The predicted octanol–water partition coefficient (Wildman–Crippen LogP) is 9.06. The summed E-state index contributed by atoms with van der Waals surface area (Å²) in [7, 11) is 2.51. The Balaban J connectivity index is 0.967. The lowest BCUT2D eigenvalue weighted by atomic mass is 9.90. The third kappa shape index (κ3) is 10.1. The van der Waals surface area contributed by atoms with Crippen LogP contribution in [-0.2, 0) is 19.1 Å². The van der Waals surface area contributed by atoms with Crippen molar-refractivity contribution in [2.75, 3.05) is 50.2 Å². The maximum Gasteiger partial charge on any atom is 0.407 e. The van der Waals surface area contributed by atoms with Crippen LogP contribution >= 0.6 is 0 Å². The van der Waals surface area contributed by atoms with Crippen LogP contribution in [0.2, 0.25) is 0 Å². The third-order valence-electron chi connectivity index (χ3n) is 15.8. The zero-order valence-electron chi connectivity index (χ0n) is 43.3. The Bertz CT molecular complexity index is 2900. The van der Waals surface area contributed by atoms with E-state index in [0.717, 1.165) is 38.8 Å². The number of methoxy groups -OCH3 is 2. The Morgan fingerprint density at radius 3 is 1.53 bits per heavy atom. The van der Waals surface area contributed by atoms with Gasteiger partial charge in [0.15, 0.2) is 0 Å². The van der Waals surface area contributed by atoms with Gasteiger partial charge in [-0.3, -0.25) is 9.59 Å². The number of ether oxygens (including phenoxy) is 2. The predicted molar refractivity (Wildman–Crippen MR) is 278 cm³/mol. The monoisotopic (exact) mass is 1030 g/mol. The Morgan fingerprint density at radius 2 is 1.09 bits per heavy atom. The first-order valence-corrected chi connectivity index (χ1v) is 26.3. The number of piperidine rings is 1. The first kappa shape index (κ1) is 51.1. The number of nitrogens with zero attached hydrogens (tertiary/aromatic N) is 8. The minimum Gasteiger partial charge on any atom is -0.453 e. The number of nitrogens with one attached hydrogen (secondary N) is 4. The molecule has 18 nitrogen and oxygen atoms in total. The minimum absolute atomic E-state index is 0.212. The summed E-state index contributed by atoms with van der Waals surface area (Å²) in [4.78, 5) is 86.4. The molecule has 20 heteroatoms. The molecule has 0 bridgehead atoms. The van der Waals surface area contributed by atoms with Crippen molar-refractivity contribution < 1.29 is 37.4 Å². The minimum atomic E-state index is -0.813. The van der Waals surface area contributed by atoms with Crippen LogP contribution in [0.15, 0.2) is 67.0 Å². The van der Waals surface area contributed by atoms with Gasteiger partial charge >= 0.3 is 12.2 Å². The highest BCUT2D eigenvalue weighted by Gasteiger charge is 2.42. The molecule has 0 radical (unpaired) electrons. The summed E-state index contributed by atoms with van der Waals surface area (Å²) in [6.45, 7) is 9.93. The smallest absolute Gasteiger partial charge is 0.407 e. The van der Waals surface area contributed by atoms with E-state index in [9.17, 15) is 19.2 Å². The van der Waals surface area contributed by atoms with Gasteiger partial charge in [0.2, 0.25) is 17.8 Å². The molecule has 396 valence electrons. The molecule has 6 atom stereocenters. The molecular weight excluding hydrogens is 963 g/mol. The molecular formula is C55H66F2N12O6. The van der Waals surface area contributed by atoms with Gasteiger partial charge in [0.25, 0.3) is 0 Å². The van der Waals surface area contributed by atoms with E-state index < -0.39 is 60.1 Å². The number of aromatic amines is 2. The number of H-pyrrole nitrogens is 2. The number of halogens is 2. The van der Waals surface area contributed by atoms with Crippen LogP contribution in [0, 0.1) is 23.5 Å². The maximum atomic E-state index is 16.9. The molecule has 4 N–H and O–H groups in total. The summed E-state index contributed by atoms with van der Waals surface area (Å²) in [5, 5.41) is 5.37. The van der Waals surface area contributed by atoms with Crippen molar-refractivity contribution in [2.45, 2.75) is 121 Å². The van der Waals surface area contributed by atoms with Crippen molar-refractivity contribution in [3.05, 3.63) is 107 Å². The lowest BCUT2D eigenvalue weighted by Crippen LogP contribution is -2.51. The van der Waals surface area contributed by atoms with Gasteiger partial charge in [0.1, 0.15) is 35.4 Å². The van der Waals surface area contributed by atoms with E-state index >= 15 is 8.78 Å². The lowest BCUT2D eigenvalue weighted by Gasteiger charge is -2.34. The number of fused-ring (bicyclic) bond motifs is 2. The van der Waals surface area contributed by atoms with Crippen LogP contribution in [0.3, 0.4) is 0 Å². The average Bonchev–Trinajstić information content (AvgIpc) is 4.29. The van der Waals surface area contributed by atoms with E-state index in [1.54, 1.807) is 34.3 Å². The first-order chi connectivity index (χ1) is 36.2. The summed E-state index contributed by atoms with van der Waals surface area (Å²) < 4.78 is 43.5. The molecule has 0 saturated carbocycles. The van der Waals surface area contributed by atoms with Crippen molar-refractivity contribution in [3.63, 3.8) is 0 Å². The normalized spacial score (nSPS) is 21.1. The molecule has 3 aromatic carbocycles. The van der Waals surface area contributed by atoms with E-state index in [-0.39, 0.29) is 23.7 Å². The lowest BCUT2D eigenvalue weighted by molar-refractivity contribution is -0.136. The number of aromatic nitrogens is 6. The second-order valence-corrected chi connectivity index (χ2v) is 21.0. The molecule has 4 fully saturated rings. The van der Waals surface area contributed by atoms with Gasteiger partial charge in [-0.25, -0.2) is 38.3 Å². The fourth-order valence-corrected chi connectivity index (χ4v) is 11.9. The molecule has 6 aromatic rings. The zero-order valence-corrected chi connectivity index (χ0v) is 43.3. The van der Waals surface area contributed by atoms with Crippen LogP contribution in [0.5, 0.6) is 0 Å². The van der Waals surface area contributed by atoms with E-state index in [1.165, 1.54) is 31.9 Å². The quantitative estimate of drug-likeness (QED) is 0.0855. The van der Waals surface area contributed by atoms with Crippen molar-refractivity contribution in [1.29, 1.82) is 0 Å². The number of carbonyl (C=O) groups is 4. The fraction of sp³-hybridized carbons (Fsp3) is 0.491. The molecule has 4 aliphatic rings. The summed E-state index contributed by atoms with van der Waals surface area (Å²) in [6.07, 6.45) is 7.62. The van der Waals surface area contributed by atoms with E-state index in [2.05, 4.69) is 49.8 Å². The molecule has 4 saturated heterocycles. The Morgan fingerprint density at radius 1 is 0.627 bits per heavy atom. The Labute approximate surface area is 434 Å². The van der Waals surface area contributed by atoms with Crippen molar-refractivity contribution in [3.8, 4) is 0 Å². The molecule has 75 heavy (non-hydrogen) atoms. The number of amides is 4. The number of anilines is 2. The van der Waals surface area contributed by atoms with E-state index in [0.29, 0.717) is 101 Å². The number of carbonyl (C=O) groups excluding carboxylic acids is 4. The maximum absolute atomic E-state index is 16.9. The number of rotatable bonds is 13. The number of imidazole rings is 2. The molecule has 4 aliphatic heterocycles. The Kier molecular flexibility index (Phi) is 14.6. The molecule has 4 amide bonds. The Hall–Kier alpha value is -7.38. The summed E-state index contributed by atoms with van der Waals surface area (Å²) in [5.74, 6) is 0.198. The van der Waals surface area contributed by atoms with Gasteiger partial charge in [-0.2, -0.15) is 0 Å². The standard InChI is InChI=1S/C55H66F2N12O6/c1-30(2)47(64-54(72)74-5)51(70)67-20-10-14-45(67)49-60-39-24-35(37(56)26-41(39)62-49)43-16-17-44(69(43)34-28-58-53(59-29-34)66-22-18-33(19-23-66)32-12-8-7-9-13-32)36-25-40-42(27-38(36)57)63-50(61-40)46-15-11-21-68(46)52(71)48(31(3)4)65-55(73)75-6/h7-9,12-13,24-31,33,43-48H,10-11,14-23H2,1-6H3,(H,60,62)(H,61,63)(H,64,72)(H,65,73)/t43-,44+,45-,46-,47-,48-/m0/s1. The molecule has 0 aliphatic carbocycles. The summed E-state index contributed by atoms with van der Waals surface area (Å²) >= 11 is 0. The van der Waals surface area contributed by atoms with Crippen molar-refractivity contribution >= 4 is 57.7 Å². The van der Waals surface area contributed by atoms with Gasteiger partial charge in [-0.05, 0) is 98.9 Å². The molecule has 10 rings (SSSR count). The second-order valence-electron chi connectivity index (χ2n) is 21.0. The topological polar surface area (TPSA) is 207 Å². The third-order valence-corrected chi connectivity index (χ3v) is 15.8. The molecule has 7 heterocycles. The highest BCUT2D eigenvalue weighted by atomic mass is 19.1. The molecule has 0 spiro atoms. The van der Waals surface area contributed by atoms with Crippen molar-refractivity contribution in [1.82, 2.24) is 50.3 Å². The highest BCUT2D eigenvalue weighted by molar-refractivity contribution is 5.88. The fourth-order valence-electron chi connectivity index (χ4n) is 11.9. The van der Waals surface area contributed by atoms with Gasteiger partial charge in [0, 0.05) is 37.3 Å². The number of hydrogen-bond acceptors (Lipinski definition) is 12. The largest absolute Gasteiger partial charge is 0.453 e. The molecule has 3 aromatic heterocycles. The van der Waals surface area contributed by atoms with Gasteiger partial charge in [0.05, 0.1) is 78.5 Å². The summed E-state index contributed by atoms with van der Waals surface area (Å²) in [5.41, 5.74) is 4.62. The average molecular weight is 1030 g/mol. The van der Waals surface area contributed by atoms with E-state index in [4.69, 9.17) is 29.4 Å². The first-order valence-electron chi connectivity index (χ1n) is 26.3. The second kappa shape index (κ2) is 21.5. The summed E-state index contributed by atoms with van der Waals surface area (Å²) in [6, 6.07) is 13.2. The molecule has 0 unspecified atom stereocenters. The highest BCUT2D eigenvalue weighted by Crippen LogP contribution is 2.49. The van der Waals surface area contributed by atoms with E-state index in [1.807, 2.05) is 38.7 Å². The van der Waals surface area contributed by atoms with Crippen LogP contribution < -0.4 is 20.4 Å². The number of hydrogen-bond donors (Lipinski definition) is 4. The van der Waals surface area contributed by atoms with Gasteiger partial charge in [-0.1, -0.05) is 58.0 Å².